The smallest absolute Gasteiger partial charge is 0.245 e. The number of amides is 1. The molecule has 3 atom stereocenters. The monoisotopic (exact) mass is 228 g/mol. The second-order valence-electron chi connectivity index (χ2n) is 4.65. The van der Waals surface area contributed by atoms with Crippen LogP contribution in [0.3, 0.4) is 0 Å². The van der Waals surface area contributed by atoms with Crippen LogP contribution in [0.2, 0.25) is 0 Å². The van der Waals surface area contributed by atoms with Gasteiger partial charge in [-0.1, -0.05) is 0 Å². The molecule has 86 valence electrons. The van der Waals surface area contributed by atoms with Crippen molar-refractivity contribution in [2.45, 2.75) is 18.4 Å². The number of fused-ring (bicyclic) bond motifs is 3. The minimum Gasteiger partial charge on any atom is -0.320 e. The SMILES string of the molecule is [C-]#[N+]c1cnc2c(c1)[C@@H]1C[C@@H]1[C@H](N)C(=O)N2C. The molecule has 2 aliphatic rings. The molecule has 0 unspecified atom stereocenters. The lowest BCUT2D eigenvalue weighted by Gasteiger charge is -2.19. The van der Waals surface area contributed by atoms with Crippen LogP contribution in [0.4, 0.5) is 11.5 Å². The quantitative estimate of drug-likeness (QED) is 0.675. The normalized spacial score (nSPS) is 30.1. The third-order valence-electron chi connectivity index (χ3n) is 3.64. The topological polar surface area (TPSA) is 63.6 Å². The zero-order chi connectivity index (χ0) is 12.2. The summed E-state index contributed by atoms with van der Waals surface area (Å²) in [6.07, 6.45) is 2.43. The van der Waals surface area contributed by atoms with Gasteiger partial charge >= 0.3 is 0 Å². The van der Waals surface area contributed by atoms with Crippen molar-refractivity contribution in [3.63, 3.8) is 0 Å². The standard InChI is InChI=1S/C12H12N4O/c1-14-6-3-9-7-4-8(7)10(13)12(17)16(2)11(9)15-5-6/h3,5,7-8,10H,4,13H2,2H3/t7-,8+,10+/m1/s1. The second-order valence-corrected chi connectivity index (χ2v) is 4.65. The van der Waals surface area contributed by atoms with Crippen molar-refractivity contribution in [1.29, 1.82) is 0 Å². The Balaban J connectivity index is 2.15. The number of hydrogen-bond donors (Lipinski definition) is 1. The minimum atomic E-state index is -0.435. The van der Waals surface area contributed by atoms with E-state index < -0.39 is 6.04 Å². The lowest BCUT2D eigenvalue weighted by atomic mass is 10.1. The maximum absolute atomic E-state index is 12.0. The molecule has 2 heterocycles. The van der Waals surface area contributed by atoms with Gasteiger partial charge in [-0.05, 0) is 29.9 Å². The molecule has 0 aromatic carbocycles. The van der Waals surface area contributed by atoms with E-state index in [0.29, 0.717) is 17.4 Å². The molecule has 1 fully saturated rings. The van der Waals surface area contributed by atoms with Crippen LogP contribution in [-0.2, 0) is 4.79 Å². The first kappa shape index (κ1) is 10.2. The number of carbonyl (C=O) groups excluding carboxylic acids is 1. The lowest BCUT2D eigenvalue weighted by Crippen LogP contribution is -2.42. The fourth-order valence-electron chi connectivity index (χ4n) is 2.56. The maximum atomic E-state index is 12.0. The molecule has 1 aliphatic heterocycles. The molecule has 2 N–H and O–H groups in total. The van der Waals surface area contributed by atoms with Crippen LogP contribution >= 0.6 is 0 Å². The van der Waals surface area contributed by atoms with E-state index in [0.717, 1.165) is 12.0 Å². The van der Waals surface area contributed by atoms with Gasteiger partial charge in [-0.2, -0.15) is 0 Å². The van der Waals surface area contributed by atoms with Crippen LogP contribution < -0.4 is 10.6 Å². The number of nitrogens with zero attached hydrogens (tertiary/aromatic N) is 3. The van der Waals surface area contributed by atoms with E-state index in [1.807, 2.05) is 6.07 Å². The number of rotatable bonds is 0. The Bertz CT molecular complexity index is 548. The third-order valence-corrected chi connectivity index (χ3v) is 3.64. The van der Waals surface area contributed by atoms with Crippen LogP contribution in [0.15, 0.2) is 12.3 Å². The molecule has 1 saturated carbocycles. The van der Waals surface area contributed by atoms with E-state index in [1.165, 1.54) is 11.1 Å². The Labute approximate surface area is 99.1 Å². The van der Waals surface area contributed by atoms with Gasteiger partial charge in [0.15, 0.2) is 0 Å². The Morgan fingerprint density at radius 3 is 3.12 bits per heavy atom. The zero-order valence-electron chi connectivity index (χ0n) is 9.42. The third kappa shape index (κ3) is 1.34. The highest BCUT2D eigenvalue weighted by atomic mass is 16.2. The number of carbonyl (C=O) groups is 1. The van der Waals surface area contributed by atoms with Gasteiger partial charge in [-0.3, -0.25) is 14.7 Å². The highest BCUT2D eigenvalue weighted by Gasteiger charge is 2.50. The van der Waals surface area contributed by atoms with Crippen molar-refractivity contribution < 1.29 is 4.79 Å². The summed E-state index contributed by atoms with van der Waals surface area (Å²) in [4.78, 5) is 21.1. The second kappa shape index (κ2) is 3.28. The first-order valence-electron chi connectivity index (χ1n) is 5.54. The van der Waals surface area contributed by atoms with E-state index in [9.17, 15) is 4.79 Å². The van der Waals surface area contributed by atoms with Gasteiger partial charge in [0.05, 0.1) is 12.6 Å². The van der Waals surface area contributed by atoms with Crippen molar-refractivity contribution in [3.8, 4) is 0 Å². The summed E-state index contributed by atoms with van der Waals surface area (Å²) in [6, 6.07) is 1.40. The fraction of sp³-hybridized carbons (Fsp3) is 0.417. The van der Waals surface area contributed by atoms with Gasteiger partial charge in [0.2, 0.25) is 11.6 Å². The molecule has 1 amide bonds. The highest BCUT2D eigenvalue weighted by Crippen LogP contribution is 2.53. The Morgan fingerprint density at radius 2 is 2.41 bits per heavy atom. The van der Waals surface area contributed by atoms with Gasteiger partial charge in [0.1, 0.15) is 5.82 Å². The van der Waals surface area contributed by atoms with Crippen molar-refractivity contribution in [3.05, 3.63) is 29.2 Å². The first-order chi connectivity index (χ1) is 8.13. The predicted octanol–water partition coefficient (Wildman–Crippen LogP) is 1.04. The molecular weight excluding hydrogens is 216 g/mol. The Kier molecular flexibility index (Phi) is 1.98. The van der Waals surface area contributed by atoms with Crippen molar-refractivity contribution in [2.24, 2.45) is 11.7 Å². The summed E-state index contributed by atoms with van der Waals surface area (Å²) < 4.78 is 0. The molecule has 0 radical (unpaired) electrons. The average molecular weight is 228 g/mol. The van der Waals surface area contributed by atoms with Crippen LogP contribution in [-0.4, -0.2) is 24.0 Å². The zero-order valence-corrected chi connectivity index (χ0v) is 9.42. The lowest BCUT2D eigenvalue weighted by molar-refractivity contribution is -0.119. The van der Waals surface area contributed by atoms with E-state index in [-0.39, 0.29) is 11.8 Å². The van der Waals surface area contributed by atoms with Crippen molar-refractivity contribution in [1.82, 2.24) is 4.98 Å². The number of pyridine rings is 1. The van der Waals surface area contributed by atoms with Crippen molar-refractivity contribution >= 4 is 17.4 Å². The van der Waals surface area contributed by atoms with E-state index >= 15 is 0 Å². The van der Waals surface area contributed by atoms with Gasteiger partial charge in [-0.25, -0.2) is 4.85 Å². The van der Waals surface area contributed by atoms with Crippen molar-refractivity contribution in [2.75, 3.05) is 11.9 Å². The molecule has 5 nitrogen and oxygen atoms in total. The minimum absolute atomic E-state index is 0.0840. The van der Waals surface area contributed by atoms with E-state index in [2.05, 4.69) is 9.83 Å². The molecule has 0 saturated heterocycles. The van der Waals surface area contributed by atoms with Gasteiger partial charge in [0.25, 0.3) is 0 Å². The molecule has 5 heteroatoms. The maximum Gasteiger partial charge on any atom is 0.245 e. The molecular formula is C12H12N4O. The molecule has 1 aromatic rings. The molecule has 0 spiro atoms. The first-order valence-corrected chi connectivity index (χ1v) is 5.54. The fourth-order valence-corrected chi connectivity index (χ4v) is 2.56. The Morgan fingerprint density at radius 1 is 1.65 bits per heavy atom. The molecule has 3 rings (SSSR count). The molecule has 1 aromatic heterocycles. The van der Waals surface area contributed by atoms with Crippen LogP contribution in [0, 0.1) is 12.5 Å². The van der Waals surface area contributed by atoms with E-state index in [4.69, 9.17) is 12.3 Å². The summed E-state index contributed by atoms with van der Waals surface area (Å²) >= 11 is 0. The van der Waals surface area contributed by atoms with Crippen LogP contribution in [0.25, 0.3) is 4.85 Å². The van der Waals surface area contributed by atoms with Gasteiger partial charge in [0, 0.05) is 13.2 Å². The Hall–Kier alpha value is -1.93. The van der Waals surface area contributed by atoms with Crippen LogP contribution in [0.1, 0.15) is 17.9 Å². The number of hydrogen-bond acceptors (Lipinski definition) is 3. The molecule has 1 aliphatic carbocycles. The summed E-state index contributed by atoms with van der Waals surface area (Å²) in [7, 11) is 1.69. The summed E-state index contributed by atoms with van der Waals surface area (Å²) in [5.74, 6) is 1.08. The van der Waals surface area contributed by atoms with E-state index in [1.54, 1.807) is 7.05 Å². The summed E-state index contributed by atoms with van der Waals surface area (Å²) in [6.45, 7) is 7.00. The average Bonchev–Trinajstić information content (AvgIpc) is 3.15. The predicted molar refractivity (Wildman–Crippen MR) is 62.7 cm³/mol. The van der Waals surface area contributed by atoms with Gasteiger partial charge < -0.3 is 5.73 Å². The number of anilines is 1. The number of nitrogens with two attached hydrogens (primary N) is 1. The highest BCUT2D eigenvalue weighted by molar-refractivity contribution is 5.98. The molecule has 0 bridgehead atoms. The van der Waals surface area contributed by atoms with Crippen LogP contribution in [0.5, 0.6) is 0 Å². The molecule has 17 heavy (non-hydrogen) atoms. The van der Waals surface area contributed by atoms with Gasteiger partial charge in [-0.15, -0.1) is 0 Å². The number of aromatic nitrogens is 1. The summed E-state index contributed by atoms with van der Waals surface area (Å²) in [5.41, 5.74) is 7.44. The largest absolute Gasteiger partial charge is 0.320 e. The summed E-state index contributed by atoms with van der Waals surface area (Å²) in [5, 5.41) is 0. The number of likely N-dealkylation sites (N-methyl/N-ethyl adjacent to an activating group) is 1.